The molecule has 1 N–H and O–H groups in total. The van der Waals surface area contributed by atoms with Gasteiger partial charge >= 0.3 is 0 Å². The summed E-state index contributed by atoms with van der Waals surface area (Å²) >= 11 is 0. The average molecular weight is 317 g/mol. The van der Waals surface area contributed by atoms with Gasteiger partial charge in [0.25, 0.3) is 0 Å². The Kier molecular flexibility index (Phi) is 5.64. The first kappa shape index (κ1) is 17.3. The third kappa shape index (κ3) is 4.24. The fourth-order valence-electron chi connectivity index (χ4n) is 2.67. The van der Waals surface area contributed by atoms with Crippen LogP contribution in [-0.4, -0.2) is 42.9 Å². The van der Waals surface area contributed by atoms with Crippen LogP contribution in [0.5, 0.6) is 0 Å². The van der Waals surface area contributed by atoms with Crippen molar-refractivity contribution in [1.82, 2.24) is 4.90 Å². The smallest absolute Gasteiger partial charge is 0.226 e. The van der Waals surface area contributed by atoms with Crippen LogP contribution in [0.3, 0.4) is 0 Å². The lowest BCUT2D eigenvalue weighted by atomic mass is 10.1. The number of nitrogens with zero attached hydrogens (tertiary/aromatic N) is 2. The van der Waals surface area contributed by atoms with Gasteiger partial charge in [0.1, 0.15) is 0 Å². The Balaban J connectivity index is 2.06. The van der Waals surface area contributed by atoms with Crippen molar-refractivity contribution in [2.24, 2.45) is 11.8 Å². The first-order chi connectivity index (χ1) is 10.9. The molecule has 1 aliphatic heterocycles. The lowest BCUT2D eigenvalue weighted by Gasteiger charge is -2.37. The van der Waals surface area contributed by atoms with Crippen LogP contribution in [0.4, 0.5) is 11.4 Å². The van der Waals surface area contributed by atoms with E-state index in [0.29, 0.717) is 0 Å². The minimum absolute atomic E-state index is 0.0195. The zero-order valence-electron chi connectivity index (χ0n) is 14.5. The Bertz CT molecular complexity index is 561. The zero-order chi connectivity index (χ0) is 17.0. The summed E-state index contributed by atoms with van der Waals surface area (Å²) in [5, 5.41) is 3.00. The number of amides is 2. The van der Waals surface area contributed by atoms with Crippen molar-refractivity contribution in [2.75, 3.05) is 36.4 Å². The molecule has 1 saturated heterocycles. The molecule has 0 atom stereocenters. The van der Waals surface area contributed by atoms with Crippen LogP contribution in [0.15, 0.2) is 24.3 Å². The minimum Gasteiger partial charge on any atom is -0.366 e. The average Bonchev–Trinajstić information content (AvgIpc) is 2.54. The van der Waals surface area contributed by atoms with E-state index in [1.165, 1.54) is 0 Å². The molecule has 0 aliphatic carbocycles. The summed E-state index contributed by atoms with van der Waals surface area (Å²) in [5.41, 5.74) is 1.87. The molecule has 5 nitrogen and oxygen atoms in total. The summed E-state index contributed by atoms with van der Waals surface area (Å²) in [5.74, 6) is 0.222. The fourth-order valence-corrected chi connectivity index (χ4v) is 2.67. The van der Waals surface area contributed by atoms with Gasteiger partial charge in [-0.05, 0) is 12.1 Å². The maximum atomic E-state index is 12.1. The summed E-state index contributed by atoms with van der Waals surface area (Å²) in [6.07, 6.45) is 0. The van der Waals surface area contributed by atoms with E-state index in [9.17, 15) is 9.59 Å². The highest BCUT2D eigenvalue weighted by molar-refractivity contribution is 5.95. The van der Waals surface area contributed by atoms with Gasteiger partial charge in [-0.3, -0.25) is 9.59 Å². The number of hydrogen-bond acceptors (Lipinski definition) is 3. The van der Waals surface area contributed by atoms with Gasteiger partial charge in [0.05, 0.1) is 11.4 Å². The van der Waals surface area contributed by atoms with Crippen LogP contribution in [0.2, 0.25) is 0 Å². The SMILES string of the molecule is CC(C)C(=O)Nc1ccccc1N1CCN(C(=O)C(C)C)CC1. The van der Waals surface area contributed by atoms with Crippen molar-refractivity contribution >= 4 is 23.2 Å². The van der Waals surface area contributed by atoms with Gasteiger partial charge in [-0.25, -0.2) is 0 Å². The zero-order valence-corrected chi connectivity index (χ0v) is 14.5. The van der Waals surface area contributed by atoms with Gasteiger partial charge in [0.2, 0.25) is 11.8 Å². The predicted octanol–water partition coefficient (Wildman–Crippen LogP) is 2.59. The molecule has 23 heavy (non-hydrogen) atoms. The molecule has 5 heteroatoms. The van der Waals surface area contributed by atoms with E-state index in [1.54, 1.807) is 0 Å². The molecule has 0 bridgehead atoms. The monoisotopic (exact) mass is 317 g/mol. The van der Waals surface area contributed by atoms with E-state index in [1.807, 2.05) is 56.9 Å². The van der Waals surface area contributed by atoms with Crippen molar-refractivity contribution in [2.45, 2.75) is 27.7 Å². The summed E-state index contributed by atoms with van der Waals surface area (Å²) < 4.78 is 0. The standard InChI is InChI=1S/C18H27N3O2/c1-13(2)17(22)19-15-7-5-6-8-16(15)20-9-11-21(12-10-20)18(23)14(3)4/h5-8,13-14H,9-12H2,1-4H3,(H,19,22). The molecular formula is C18H27N3O2. The summed E-state index contributed by atoms with van der Waals surface area (Å²) in [6, 6.07) is 7.86. The maximum absolute atomic E-state index is 12.1. The number of carbonyl (C=O) groups excluding carboxylic acids is 2. The molecule has 2 rings (SSSR count). The second-order valence-electron chi connectivity index (χ2n) is 6.63. The van der Waals surface area contributed by atoms with Crippen LogP contribution in [0.25, 0.3) is 0 Å². The van der Waals surface area contributed by atoms with Crippen LogP contribution in [0.1, 0.15) is 27.7 Å². The molecule has 0 radical (unpaired) electrons. The largest absolute Gasteiger partial charge is 0.366 e. The van der Waals surface area contributed by atoms with Crippen molar-refractivity contribution in [1.29, 1.82) is 0 Å². The van der Waals surface area contributed by atoms with Gasteiger partial charge in [-0.2, -0.15) is 0 Å². The predicted molar refractivity (Wildman–Crippen MR) is 93.5 cm³/mol. The third-order valence-corrected chi connectivity index (χ3v) is 4.11. The first-order valence-corrected chi connectivity index (χ1v) is 8.33. The van der Waals surface area contributed by atoms with Crippen molar-refractivity contribution in [3.8, 4) is 0 Å². The lowest BCUT2D eigenvalue weighted by Crippen LogP contribution is -2.50. The molecule has 0 saturated carbocycles. The van der Waals surface area contributed by atoms with E-state index < -0.39 is 0 Å². The number of para-hydroxylation sites is 2. The second kappa shape index (κ2) is 7.49. The van der Waals surface area contributed by atoms with Gasteiger partial charge in [-0.15, -0.1) is 0 Å². The summed E-state index contributed by atoms with van der Waals surface area (Å²) in [6.45, 7) is 10.7. The molecule has 0 unspecified atom stereocenters. The third-order valence-electron chi connectivity index (χ3n) is 4.11. The topological polar surface area (TPSA) is 52.7 Å². The van der Waals surface area contributed by atoms with Crippen LogP contribution in [-0.2, 0) is 9.59 Å². The maximum Gasteiger partial charge on any atom is 0.226 e. The van der Waals surface area contributed by atoms with E-state index >= 15 is 0 Å². The Morgan fingerprint density at radius 1 is 0.957 bits per heavy atom. The number of carbonyl (C=O) groups is 2. The van der Waals surface area contributed by atoms with E-state index in [4.69, 9.17) is 0 Å². The number of nitrogens with one attached hydrogen (secondary N) is 1. The highest BCUT2D eigenvalue weighted by atomic mass is 16.2. The molecule has 0 aromatic heterocycles. The molecule has 1 heterocycles. The van der Waals surface area contributed by atoms with Gasteiger partial charge < -0.3 is 15.1 Å². The number of anilines is 2. The summed E-state index contributed by atoms with van der Waals surface area (Å²) in [4.78, 5) is 28.2. The van der Waals surface area contributed by atoms with Crippen LogP contribution >= 0.6 is 0 Å². The highest BCUT2D eigenvalue weighted by Gasteiger charge is 2.24. The van der Waals surface area contributed by atoms with Crippen LogP contribution < -0.4 is 10.2 Å². The second-order valence-corrected chi connectivity index (χ2v) is 6.63. The molecular weight excluding hydrogens is 290 g/mol. The Hall–Kier alpha value is -2.04. The van der Waals surface area contributed by atoms with Crippen molar-refractivity contribution in [3.63, 3.8) is 0 Å². The number of benzene rings is 1. The Morgan fingerprint density at radius 3 is 2.13 bits per heavy atom. The normalized spacial score (nSPS) is 15.2. The van der Waals surface area contributed by atoms with E-state index in [-0.39, 0.29) is 23.7 Å². The molecule has 2 amide bonds. The summed E-state index contributed by atoms with van der Waals surface area (Å²) in [7, 11) is 0. The highest BCUT2D eigenvalue weighted by Crippen LogP contribution is 2.27. The van der Waals surface area contributed by atoms with Crippen molar-refractivity contribution < 1.29 is 9.59 Å². The van der Waals surface area contributed by atoms with Gasteiger partial charge in [-0.1, -0.05) is 39.8 Å². The minimum atomic E-state index is -0.0523. The van der Waals surface area contributed by atoms with Crippen molar-refractivity contribution in [3.05, 3.63) is 24.3 Å². The first-order valence-electron chi connectivity index (χ1n) is 8.33. The van der Waals surface area contributed by atoms with E-state index in [2.05, 4.69) is 10.2 Å². The number of rotatable bonds is 4. The molecule has 0 spiro atoms. The Labute approximate surface area is 138 Å². The lowest BCUT2D eigenvalue weighted by molar-refractivity contribution is -0.134. The van der Waals surface area contributed by atoms with E-state index in [0.717, 1.165) is 37.6 Å². The van der Waals surface area contributed by atoms with Gasteiger partial charge in [0.15, 0.2) is 0 Å². The quantitative estimate of drug-likeness (QED) is 0.928. The molecule has 1 aliphatic rings. The fraction of sp³-hybridized carbons (Fsp3) is 0.556. The Morgan fingerprint density at radius 2 is 1.57 bits per heavy atom. The molecule has 1 fully saturated rings. The molecule has 1 aromatic rings. The molecule has 1 aromatic carbocycles. The van der Waals surface area contributed by atoms with Crippen LogP contribution in [0, 0.1) is 11.8 Å². The molecule has 126 valence electrons. The van der Waals surface area contributed by atoms with Gasteiger partial charge in [0, 0.05) is 38.0 Å². The number of piperazine rings is 1. The number of hydrogen-bond donors (Lipinski definition) is 1.